The number of amides is 2. The van der Waals surface area contributed by atoms with Crippen molar-refractivity contribution in [2.45, 2.75) is 0 Å². The molecule has 2 aromatic rings. The Morgan fingerprint density at radius 2 is 2.00 bits per heavy atom. The van der Waals surface area contributed by atoms with Crippen LogP contribution >= 0.6 is 11.6 Å². The number of benzene rings is 1. The number of hydrazine groups is 1. The highest BCUT2D eigenvalue weighted by Crippen LogP contribution is 2.18. The Hall–Kier alpha value is -3.00. The first-order valence-electron chi connectivity index (χ1n) is 6.32. The molecule has 0 saturated heterocycles. The second-order valence-electron chi connectivity index (χ2n) is 4.29. The quantitative estimate of drug-likeness (QED) is 0.436. The lowest BCUT2D eigenvalue weighted by atomic mass is 10.2. The van der Waals surface area contributed by atoms with E-state index in [0.29, 0.717) is 5.02 Å². The normalized spacial score (nSPS) is 9.96. The molecule has 1 aromatic heterocycles. The largest absolute Gasteiger partial charge is 0.459 e. The van der Waals surface area contributed by atoms with Gasteiger partial charge in [-0.05, 0) is 30.3 Å². The van der Waals surface area contributed by atoms with Gasteiger partial charge in [0.05, 0.1) is 11.8 Å². The fraction of sp³-hybridized carbons (Fsp3) is 0.0714. The van der Waals surface area contributed by atoms with Gasteiger partial charge in [-0.15, -0.1) is 0 Å². The molecule has 2 rings (SSSR count). The van der Waals surface area contributed by atoms with Crippen molar-refractivity contribution in [3.05, 3.63) is 52.9 Å². The zero-order chi connectivity index (χ0) is 16.8. The maximum Gasteiger partial charge on any atom is 0.340 e. The Labute approximate surface area is 135 Å². The summed E-state index contributed by atoms with van der Waals surface area (Å²) < 4.78 is 9.62. The first-order valence-corrected chi connectivity index (χ1v) is 6.70. The van der Waals surface area contributed by atoms with E-state index < -0.39 is 24.4 Å². The van der Waals surface area contributed by atoms with Gasteiger partial charge in [0.25, 0.3) is 5.91 Å². The molecule has 0 radical (unpaired) electrons. The third kappa shape index (κ3) is 4.48. The monoisotopic (exact) mass is 337 g/mol. The van der Waals surface area contributed by atoms with Gasteiger partial charge < -0.3 is 14.9 Å². The van der Waals surface area contributed by atoms with Crippen LogP contribution in [0.4, 0.5) is 5.69 Å². The van der Waals surface area contributed by atoms with Crippen molar-refractivity contribution in [1.82, 2.24) is 10.9 Å². The highest BCUT2D eigenvalue weighted by Gasteiger charge is 2.14. The van der Waals surface area contributed by atoms with Crippen LogP contribution in [-0.4, -0.2) is 24.4 Å². The average molecular weight is 338 g/mol. The third-order valence-corrected chi connectivity index (χ3v) is 2.86. The molecule has 8 nitrogen and oxygen atoms in total. The molecule has 0 fully saturated rings. The summed E-state index contributed by atoms with van der Waals surface area (Å²) in [5, 5.41) is 0.373. The SMILES string of the molecule is Nc1cc(Cl)ccc1C(=O)OCC(=O)NNC(=O)c1ccco1. The summed E-state index contributed by atoms with van der Waals surface area (Å²) in [7, 11) is 0. The summed E-state index contributed by atoms with van der Waals surface area (Å²) in [5.41, 5.74) is 10.0. The summed E-state index contributed by atoms with van der Waals surface area (Å²) >= 11 is 5.72. The number of rotatable bonds is 4. The summed E-state index contributed by atoms with van der Waals surface area (Å²) in [6.07, 6.45) is 1.31. The van der Waals surface area contributed by atoms with Crippen LogP contribution < -0.4 is 16.6 Å². The van der Waals surface area contributed by atoms with Crippen LogP contribution in [0.1, 0.15) is 20.9 Å². The van der Waals surface area contributed by atoms with Crippen LogP contribution in [-0.2, 0) is 9.53 Å². The van der Waals surface area contributed by atoms with Crippen LogP contribution in [0, 0.1) is 0 Å². The van der Waals surface area contributed by atoms with Crippen molar-refractivity contribution >= 4 is 35.1 Å². The molecule has 23 heavy (non-hydrogen) atoms. The Kier molecular flexibility index (Phi) is 5.21. The highest BCUT2D eigenvalue weighted by atomic mass is 35.5. The topological polar surface area (TPSA) is 124 Å². The van der Waals surface area contributed by atoms with E-state index in [-0.39, 0.29) is 17.0 Å². The molecule has 0 aliphatic rings. The first-order chi connectivity index (χ1) is 11.0. The lowest BCUT2D eigenvalue weighted by molar-refractivity contribution is -0.125. The molecule has 0 bridgehead atoms. The highest BCUT2D eigenvalue weighted by molar-refractivity contribution is 6.31. The van der Waals surface area contributed by atoms with Gasteiger partial charge in [-0.25, -0.2) is 4.79 Å². The van der Waals surface area contributed by atoms with Gasteiger partial charge in [0, 0.05) is 10.7 Å². The van der Waals surface area contributed by atoms with Crippen molar-refractivity contribution in [3.63, 3.8) is 0 Å². The number of nitrogen functional groups attached to an aromatic ring is 1. The molecular weight excluding hydrogens is 326 g/mol. The summed E-state index contributed by atoms with van der Waals surface area (Å²) in [4.78, 5) is 34.8. The lowest BCUT2D eigenvalue weighted by Crippen LogP contribution is -2.43. The second kappa shape index (κ2) is 7.32. The van der Waals surface area contributed by atoms with Gasteiger partial charge in [-0.3, -0.25) is 20.4 Å². The molecule has 0 aliphatic heterocycles. The van der Waals surface area contributed by atoms with E-state index in [0.717, 1.165) is 0 Å². The van der Waals surface area contributed by atoms with Crippen molar-refractivity contribution in [2.24, 2.45) is 0 Å². The number of furan rings is 1. The number of halogens is 1. The Morgan fingerprint density at radius 1 is 1.22 bits per heavy atom. The zero-order valence-electron chi connectivity index (χ0n) is 11.7. The predicted octanol–water partition coefficient (Wildman–Crippen LogP) is 1.13. The van der Waals surface area contributed by atoms with Crippen molar-refractivity contribution in [3.8, 4) is 0 Å². The van der Waals surface area contributed by atoms with Crippen molar-refractivity contribution in [2.75, 3.05) is 12.3 Å². The van der Waals surface area contributed by atoms with E-state index in [9.17, 15) is 14.4 Å². The van der Waals surface area contributed by atoms with Crippen LogP contribution in [0.25, 0.3) is 0 Å². The smallest absolute Gasteiger partial charge is 0.340 e. The standard InChI is InChI=1S/C14H12ClN3O5/c15-8-3-4-9(10(16)6-8)14(21)23-7-12(19)17-18-13(20)11-2-1-5-22-11/h1-6H,7,16H2,(H,17,19)(H,18,20). The molecule has 2 amide bonds. The summed E-state index contributed by atoms with van der Waals surface area (Å²) in [6.45, 7) is -0.598. The number of anilines is 1. The minimum absolute atomic E-state index is 0.0243. The first kappa shape index (κ1) is 16.4. The number of carbonyl (C=O) groups excluding carboxylic acids is 3. The number of nitrogens with two attached hydrogens (primary N) is 1. The van der Waals surface area contributed by atoms with Crippen LogP contribution in [0.15, 0.2) is 41.0 Å². The molecule has 1 aromatic carbocycles. The van der Waals surface area contributed by atoms with E-state index in [1.807, 2.05) is 0 Å². The summed E-state index contributed by atoms with van der Waals surface area (Å²) in [5.74, 6) is -2.13. The van der Waals surface area contributed by atoms with Gasteiger partial charge >= 0.3 is 11.9 Å². The molecule has 0 unspecified atom stereocenters. The molecular formula is C14H12ClN3O5. The van der Waals surface area contributed by atoms with E-state index in [4.69, 9.17) is 26.5 Å². The van der Waals surface area contributed by atoms with Crippen molar-refractivity contribution < 1.29 is 23.5 Å². The number of ether oxygens (including phenoxy) is 1. The number of carbonyl (C=O) groups is 3. The molecule has 0 saturated carbocycles. The maximum absolute atomic E-state index is 11.8. The van der Waals surface area contributed by atoms with Crippen LogP contribution in [0.5, 0.6) is 0 Å². The van der Waals surface area contributed by atoms with Gasteiger partial charge in [0.15, 0.2) is 12.4 Å². The number of nitrogens with one attached hydrogen (secondary N) is 2. The third-order valence-electron chi connectivity index (χ3n) is 2.63. The Bertz CT molecular complexity index is 730. The van der Waals surface area contributed by atoms with E-state index in [1.165, 1.54) is 36.6 Å². The van der Waals surface area contributed by atoms with Crippen LogP contribution in [0.2, 0.25) is 5.02 Å². The van der Waals surface area contributed by atoms with Crippen LogP contribution in [0.3, 0.4) is 0 Å². The molecule has 0 atom stereocenters. The lowest BCUT2D eigenvalue weighted by Gasteiger charge is -2.08. The number of hydrogen-bond donors (Lipinski definition) is 3. The minimum Gasteiger partial charge on any atom is -0.459 e. The van der Waals surface area contributed by atoms with Gasteiger partial charge in [-0.1, -0.05) is 11.6 Å². The maximum atomic E-state index is 11.8. The second-order valence-corrected chi connectivity index (χ2v) is 4.72. The summed E-state index contributed by atoms with van der Waals surface area (Å²) in [6, 6.07) is 7.19. The molecule has 4 N–H and O–H groups in total. The number of esters is 1. The predicted molar refractivity (Wildman–Crippen MR) is 80.5 cm³/mol. The molecule has 120 valence electrons. The average Bonchev–Trinajstić information content (AvgIpc) is 3.04. The molecule has 0 aliphatic carbocycles. The molecule has 9 heteroatoms. The van der Waals surface area contributed by atoms with E-state index >= 15 is 0 Å². The van der Waals surface area contributed by atoms with Gasteiger partial charge in [0.1, 0.15) is 0 Å². The molecule has 1 heterocycles. The number of hydrogen-bond acceptors (Lipinski definition) is 6. The fourth-order valence-corrected chi connectivity index (χ4v) is 1.74. The molecule has 0 spiro atoms. The van der Waals surface area contributed by atoms with Crippen molar-refractivity contribution in [1.29, 1.82) is 0 Å². The van der Waals surface area contributed by atoms with Gasteiger partial charge in [0.2, 0.25) is 0 Å². The van der Waals surface area contributed by atoms with E-state index in [2.05, 4.69) is 10.9 Å². The zero-order valence-corrected chi connectivity index (χ0v) is 12.4. The minimum atomic E-state index is -0.785. The van der Waals surface area contributed by atoms with E-state index in [1.54, 1.807) is 0 Å². The Balaban J connectivity index is 1.80. The van der Waals surface area contributed by atoms with Gasteiger partial charge in [-0.2, -0.15) is 0 Å². The Morgan fingerprint density at radius 3 is 2.65 bits per heavy atom. The fourth-order valence-electron chi connectivity index (χ4n) is 1.56.